The minimum atomic E-state index is -2.84. The highest BCUT2D eigenvalue weighted by molar-refractivity contribution is 5.98. The quantitative estimate of drug-likeness (QED) is 0.372. The summed E-state index contributed by atoms with van der Waals surface area (Å²) in [5.74, 6) is 0.135. The zero-order valence-electron chi connectivity index (χ0n) is 16.3. The molecule has 1 aromatic heterocycles. The molecule has 0 aromatic carbocycles. The summed E-state index contributed by atoms with van der Waals surface area (Å²) in [6.45, 7) is -2.30. The van der Waals surface area contributed by atoms with Crippen molar-refractivity contribution in [1.82, 2.24) is 15.3 Å². The lowest BCUT2D eigenvalue weighted by Gasteiger charge is -2.22. The van der Waals surface area contributed by atoms with E-state index in [0.717, 1.165) is 12.8 Å². The smallest absolute Gasteiger partial charge is 0.345 e. The molecule has 1 aromatic rings. The zero-order valence-corrected chi connectivity index (χ0v) is 16.3. The number of aromatic nitrogens is 2. The van der Waals surface area contributed by atoms with Gasteiger partial charge >= 0.3 is 6.61 Å². The largest absolute Gasteiger partial charge is 0.393 e. The van der Waals surface area contributed by atoms with Gasteiger partial charge in [-0.3, -0.25) is 4.79 Å². The molecule has 2 rings (SSSR count). The molecule has 1 heterocycles. The molecule has 1 aliphatic carbocycles. The highest BCUT2D eigenvalue weighted by atomic mass is 19.3. The zero-order chi connectivity index (χ0) is 21.1. The molecule has 1 amide bonds. The Balaban J connectivity index is 2.08. The van der Waals surface area contributed by atoms with Crippen LogP contribution in [0.15, 0.2) is 11.2 Å². The predicted octanol–water partition coefficient (Wildman–Crippen LogP) is 1.76. The first-order valence-corrected chi connectivity index (χ1v) is 9.49. The lowest BCUT2D eigenvalue weighted by Crippen LogP contribution is -2.27. The first-order chi connectivity index (χ1) is 14.0. The van der Waals surface area contributed by atoms with E-state index in [-0.39, 0.29) is 48.4 Å². The monoisotopic (exact) mass is 415 g/mol. The number of aliphatic hydroxyl groups is 1. The average molecular weight is 415 g/mol. The SMILES string of the molecule is COCCNC(=O)c1cnc(NCCOC(F)F)nc1N=CC1CCC(O)CC1. The van der Waals surface area contributed by atoms with E-state index >= 15 is 0 Å². The number of carbonyl (C=O) groups is 1. The number of rotatable bonds is 11. The van der Waals surface area contributed by atoms with Crippen LogP contribution in [0.3, 0.4) is 0 Å². The Kier molecular flexibility index (Phi) is 9.81. The Hall–Kier alpha value is -2.24. The minimum absolute atomic E-state index is 0.0768. The summed E-state index contributed by atoms with van der Waals surface area (Å²) in [6.07, 6.45) is 5.84. The Bertz CT molecular complexity index is 670. The molecule has 0 atom stereocenters. The highest BCUT2D eigenvalue weighted by Gasteiger charge is 2.19. The van der Waals surface area contributed by atoms with Crippen LogP contribution in [0.25, 0.3) is 0 Å². The molecule has 0 unspecified atom stereocenters. The first kappa shape index (κ1) is 23.0. The number of anilines is 1. The lowest BCUT2D eigenvalue weighted by molar-refractivity contribution is -0.125. The van der Waals surface area contributed by atoms with E-state index in [0.29, 0.717) is 26.0 Å². The number of carbonyl (C=O) groups excluding carboxylic acids is 1. The number of amides is 1. The van der Waals surface area contributed by atoms with E-state index in [1.54, 1.807) is 6.21 Å². The van der Waals surface area contributed by atoms with Crippen LogP contribution in [0, 0.1) is 5.92 Å². The summed E-state index contributed by atoms with van der Waals surface area (Å²) in [5, 5.41) is 15.1. The molecular formula is C18H27F2N5O4. The molecule has 0 spiro atoms. The van der Waals surface area contributed by atoms with Crippen LogP contribution in [0.5, 0.6) is 0 Å². The van der Waals surface area contributed by atoms with E-state index < -0.39 is 6.61 Å². The third kappa shape index (κ3) is 8.34. The Morgan fingerprint density at radius 3 is 2.79 bits per heavy atom. The van der Waals surface area contributed by atoms with Gasteiger partial charge in [-0.25, -0.2) is 9.98 Å². The van der Waals surface area contributed by atoms with Gasteiger partial charge in [-0.1, -0.05) is 0 Å². The molecule has 3 N–H and O–H groups in total. The van der Waals surface area contributed by atoms with Gasteiger partial charge in [0.05, 0.1) is 19.3 Å². The van der Waals surface area contributed by atoms with Crippen LogP contribution in [0.4, 0.5) is 20.5 Å². The third-order valence-corrected chi connectivity index (χ3v) is 4.38. The van der Waals surface area contributed by atoms with E-state index in [1.165, 1.54) is 13.3 Å². The van der Waals surface area contributed by atoms with Crippen molar-refractivity contribution in [3.8, 4) is 0 Å². The Labute approximate surface area is 167 Å². The number of nitrogens with one attached hydrogen (secondary N) is 2. The molecule has 11 heteroatoms. The van der Waals surface area contributed by atoms with Crippen molar-refractivity contribution in [2.45, 2.75) is 38.4 Å². The van der Waals surface area contributed by atoms with Crippen molar-refractivity contribution < 1.29 is 28.2 Å². The fraction of sp³-hybridized carbons (Fsp3) is 0.667. The van der Waals surface area contributed by atoms with Gasteiger partial charge in [0.15, 0.2) is 5.82 Å². The first-order valence-electron chi connectivity index (χ1n) is 9.49. The Morgan fingerprint density at radius 1 is 1.34 bits per heavy atom. The predicted molar refractivity (Wildman–Crippen MR) is 103 cm³/mol. The average Bonchev–Trinajstić information content (AvgIpc) is 2.71. The Morgan fingerprint density at radius 2 is 2.10 bits per heavy atom. The molecule has 0 radical (unpaired) electrons. The fourth-order valence-electron chi connectivity index (χ4n) is 2.82. The summed E-state index contributed by atoms with van der Waals surface area (Å²) in [4.78, 5) is 25.1. The molecule has 1 saturated carbocycles. The molecule has 1 fully saturated rings. The summed E-state index contributed by atoms with van der Waals surface area (Å²) >= 11 is 0. The number of aliphatic imine (C=N–C) groups is 1. The number of hydrogen-bond acceptors (Lipinski definition) is 8. The van der Waals surface area contributed by atoms with E-state index in [2.05, 4.69) is 30.3 Å². The summed E-state index contributed by atoms with van der Waals surface area (Å²) in [6, 6.07) is 0. The van der Waals surface area contributed by atoms with Gasteiger partial charge in [-0.15, -0.1) is 0 Å². The van der Waals surface area contributed by atoms with Gasteiger partial charge in [0.25, 0.3) is 5.91 Å². The van der Waals surface area contributed by atoms with Gasteiger partial charge in [-0.05, 0) is 31.6 Å². The summed E-state index contributed by atoms with van der Waals surface area (Å²) < 4.78 is 33.1. The number of nitrogens with zero attached hydrogens (tertiary/aromatic N) is 3. The van der Waals surface area contributed by atoms with Crippen LogP contribution in [0.1, 0.15) is 36.0 Å². The normalized spacial score (nSPS) is 19.6. The van der Waals surface area contributed by atoms with E-state index in [9.17, 15) is 18.7 Å². The maximum absolute atomic E-state index is 12.4. The van der Waals surface area contributed by atoms with Crippen LogP contribution in [-0.2, 0) is 9.47 Å². The van der Waals surface area contributed by atoms with E-state index in [1.807, 2.05) is 0 Å². The van der Waals surface area contributed by atoms with Crippen molar-refractivity contribution in [2.24, 2.45) is 10.9 Å². The maximum Gasteiger partial charge on any atom is 0.345 e. The second-order valence-corrected chi connectivity index (χ2v) is 6.58. The molecule has 0 aliphatic heterocycles. The number of methoxy groups -OCH3 is 1. The van der Waals surface area contributed by atoms with Crippen LogP contribution < -0.4 is 10.6 Å². The van der Waals surface area contributed by atoms with E-state index in [4.69, 9.17) is 4.74 Å². The number of hydrogen-bond donors (Lipinski definition) is 3. The van der Waals surface area contributed by atoms with Crippen LogP contribution in [0.2, 0.25) is 0 Å². The topological polar surface area (TPSA) is 118 Å². The van der Waals surface area contributed by atoms with Crippen molar-refractivity contribution >= 4 is 23.9 Å². The number of alkyl halides is 2. The number of halogens is 2. The van der Waals surface area contributed by atoms with Gasteiger partial charge in [-0.2, -0.15) is 13.8 Å². The van der Waals surface area contributed by atoms with Gasteiger partial charge in [0.1, 0.15) is 5.56 Å². The summed E-state index contributed by atoms with van der Waals surface area (Å²) in [5.41, 5.74) is 0.197. The fourth-order valence-corrected chi connectivity index (χ4v) is 2.82. The van der Waals surface area contributed by atoms with Crippen molar-refractivity contribution in [1.29, 1.82) is 0 Å². The van der Waals surface area contributed by atoms with Gasteiger partial charge in [0, 0.05) is 32.6 Å². The lowest BCUT2D eigenvalue weighted by atomic mass is 9.88. The van der Waals surface area contributed by atoms with Crippen LogP contribution in [-0.4, -0.2) is 73.3 Å². The number of aliphatic hydroxyl groups excluding tert-OH is 1. The van der Waals surface area contributed by atoms with Crippen molar-refractivity contribution in [2.75, 3.05) is 38.7 Å². The molecule has 1 aliphatic rings. The number of ether oxygens (including phenoxy) is 2. The molecule has 9 nitrogen and oxygen atoms in total. The van der Waals surface area contributed by atoms with Crippen molar-refractivity contribution in [3.05, 3.63) is 11.8 Å². The maximum atomic E-state index is 12.4. The second kappa shape index (κ2) is 12.3. The van der Waals surface area contributed by atoms with Crippen LogP contribution >= 0.6 is 0 Å². The molecule has 0 bridgehead atoms. The molecule has 162 valence electrons. The highest BCUT2D eigenvalue weighted by Crippen LogP contribution is 2.24. The third-order valence-electron chi connectivity index (χ3n) is 4.38. The molecule has 0 saturated heterocycles. The minimum Gasteiger partial charge on any atom is -0.393 e. The molecular weight excluding hydrogens is 388 g/mol. The van der Waals surface area contributed by atoms with Gasteiger partial charge < -0.3 is 25.2 Å². The molecule has 29 heavy (non-hydrogen) atoms. The summed E-state index contributed by atoms with van der Waals surface area (Å²) in [7, 11) is 1.53. The van der Waals surface area contributed by atoms with Crippen molar-refractivity contribution in [3.63, 3.8) is 0 Å². The second-order valence-electron chi connectivity index (χ2n) is 6.58. The van der Waals surface area contributed by atoms with Gasteiger partial charge in [0.2, 0.25) is 5.95 Å². The standard InChI is InChI=1S/C18H27F2N5O4/c1-28-8-6-21-16(27)14-11-24-18(22-7-9-29-17(19)20)25-15(14)23-10-12-2-4-13(26)5-3-12/h10-13,17,26H,2-9H2,1H3,(H,21,27)(H,22,24,25).